The number of hydrogen-bond donors (Lipinski definition) is 0. The average molecular weight is 592 g/mol. The van der Waals surface area contributed by atoms with E-state index in [4.69, 9.17) is 14.8 Å². The SMILES string of the molecule is C=C(/C=C\C(=C/C)[C@H]1CCn2nc(-c3ccc(-n4cnc(C)c4)c(OC)n3)nc2[C@@H]1C)C(F)(F)I. The molecule has 0 fully saturated rings. The first-order valence-electron chi connectivity index (χ1n) is 11.2. The average Bonchev–Trinajstić information content (AvgIpc) is 3.46. The van der Waals surface area contributed by atoms with Crippen molar-refractivity contribution in [3.05, 3.63) is 72.1 Å². The summed E-state index contributed by atoms with van der Waals surface area (Å²) in [5.74, 6) is 1.99. The van der Waals surface area contributed by atoms with Gasteiger partial charge in [-0.1, -0.05) is 31.7 Å². The Morgan fingerprint density at radius 1 is 1.29 bits per heavy atom. The number of aryl methyl sites for hydroxylation is 2. The molecule has 7 nitrogen and oxygen atoms in total. The maximum atomic E-state index is 13.5. The Morgan fingerprint density at radius 2 is 2.06 bits per heavy atom. The minimum atomic E-state index is -2.97. The lowest BCUT2D eigenvalue weighted by molar-refractivity contribution is 0.174. The van der Waals surface area contributed by atoms with Crippen LogP contribution >= 0.6 is 22.6 Å². The first-order valence-corrected chi connectivity index (χ1v) is 12.3. The van der Waals surface area contributed by atoms with Gasteiger partial charge in [0.15, 0.2) is 5.82 Å². The van der Waals surface area contributed by atoms with Crippen LogP contribution in [0.3, 0.4) is 0 Å². The molecule has 0 unspecified atom stereocenters. The van der Waals surface area contributed by atoms with E-state index < -0.39 is 3.93 Å². The fourth-order valence-electron chi connectivity index (χ4n) is 4.29. The van der Waals surface area contributed by atoms with E-state index in [0.29, 0.717) is 23.9 Å². The van der Waals surface area contributed by atoms with E-state index >= 15 is 0 Å². The second kappa shape index (κ2) is 10.00. The van der Waals surface area contributed by atoms with Gasteiger partial charge in [0.05, 0.1) is 19.1 Å². The van der Waals surface area contributed by atoms with Crippen LogP contribution in [-0.4, -0.2) is 40.3 Å². The largest absolute Gasteiger partial charge is 0.479 e. The van der Waals surface area contributed by atoms with E-state index in [1.165, 1.54) is 6.08 Å². The lowest BCUT2D eigenvalue weighted by Crippen LogP contribution is -2.25. The van der Waals surface area contributed by atoms with Crippen molar-refractivity contribution in [2.75, 3.05) is 7.11 Å². The summed E-state index contributed by atoms with van der Waals surface area (Å²) in [6, 6.07) is 3.78. The van der Waals surface area contributed by atoms with E-state index in [1.54, 1.807) is 19.5 Å². The van der Waals surface area contributed by atoms with E-state index in [-0.39, 0.29) is 17.4 Å². The summed E-state index contributed by atoms with van der Waals surface area (Å²) in [5.41, 5.74) is 3.04. The van der Waals surface area contributed by atoms with E-state index in [2.05, 4.69) is 23.5 Å². The zero-order valence-electron chi connectivity index (χ0n) is 20.0. The number of rotatable bonds is 7. The monoisotopic (exact) mass is 592 g/mol. The van der Waals surface area contributed by atoms with Gasteiger partial charge in [-0.15, -0.1) is 5.10 Å². The Hall–Kier alpha value is -2.89. The number of aromatic nitrogens is 6. The second-order valence-electron chi connectivity index (χ2n) is 8.49. The molecular weight excluding hydrogens is 565 g/mol. The fraction of sp³-hybridized carbons (Fsp3) is 0.360. The molecule has 4 rings (SSSR count). The van der Waals surface area contributed by atoms with Gasteiger partial charge in [-0.2, -0.15) is 8.78 Å². The third kappa shape index (κ3) is 5.21. The van der Waals surface area contributed by atoms with Crippen LogP contribution in [0.15, 0.2) is 60.6 Å². The zero-order chi connectivity index (χ0) is 25.3. The number of alkyl halides is 3. The molecule has 0 saturated heterocycles. The van der Waals surface area contributed by atoms with Gasteiger partial charge in [0.2, 0.25) is 5.88 Å². The standard InChI is InChI=1S/C25H27F2IN6O/c1-6-18(8-7-15(2)25(26,27)28)19-11-12-34-23(17(19)4)31-22(32-34)20-9-10-21(24(30-20)35-5)33-13-16(3)29-14-33/h6-10,13-14,17,19H,2,11-12H2,1,3-5H3/b8-7-,18-6+/t17-,19+/m1/s1. The van der Waals surface area contributed by atoms with Crippen LogP contribution in [0.2, 0.25) is 0 Å². The molecule has 184 valence electrons. The van der Waals surface area contributed by atoms with Crippen LogP contribution in [0, 0.1) is 12.8 Å². The first-order chi connectivity index (χ1) is 16.6. The summed E-state index contributed by atoms with van der Waals surface area (Å²) < 4.78 is 33.3. The highest BCUT2D eigenvalue weighted by Crippen LogP contribution is 2.38. The van der Waals surface area contributed by atoms with E-state index in [9.17, 15) is 8.78 Å². The molecule has 0 aromatic carbocycles. The second-order valence-corrected chi connectivity index (χ2v) is 9.85. The summed E-state index contributed by atoms with van der Waals surface area (Å²) in [6.45, 7) is 10.1. The molecule has 2 atom stereocenters. The predicted octanol–water partition coefficient (Wildman–Crippen LogP) is 6.05. The number of nitrogens with zero attached hydrogens (tertiary/aromatic N) is 6. The summed E-state index contributed by atoms with van der Waals surface area (Å²) in [5, 5.41) is 4.70. The molecule has 4 heterocycles. The molecule has 0 bridgehead atoms. The lowest BCUT2D eigenvalue weighted by atomic mass is 9.81. The van der Waals surface area contributed by atoms with Crippen molar-refractivity contribution in [3.8, 4) is 23.1 Å². The molecule has 3 aromatic rings. The van der Waals surface area contributed by atoms with Gasteiger partial charge in [-0.3, -0.25) is 0 Å². The van der Waals surface area contributed by atoms with Crippen LogP contribution < -0.4 is 4.74 Å². The smallest absolute Gasteiger partial charge is 0.321 e. The molecule has 35 heavy (non-hydrogen) atoms. The van der Waals surface area contributed by atoms with Crippen molar-refractivity contribution in [3.63, 3.8) is 0 Å². The third-order valence-electron chi connectivity index (χ3n) is 6.22. The summed E-state index contributed by atoms with van der Waals surface area (Å²) in [7, 11) is 1.58. The minimum absolute atomic E-state index is 0.0457. The molecule has 0 saturated carbocycles. The number of halogens is 3. The van der Waals surface area contributed by atoms with Gasteiger partial charge in [0, 0.05) is 46.8 Å². The van der Waals surface area contributed by atoms with Crippen molar-refractivity contribution in [2.24, 2.45) is 5.92 Å². The quantitative estimate of drug-likeness (QED) is 0.190. The van der Waals surface area contributed by atoms with Crippen LogP contribution in [0.5, 0.6) is 5.88 Å². The van der Waals surface area contributed by atoms with Crippen LogP contribution in [0.25, 0.3) is 17.2 Å². The molecule has 0 radical (unpaired) electrons. The Labute approximate surface area is 216 Å². The molecule has 0 amide bonds. The minimum Gasteiger partial charge on any atom is -0.479 e. The molecule has 1 aliphatic heterocycles. The van der Waals surface area contributed by atoms with Gasteiger partial charge in [0.25, 0.3) is 0 Å². The van der Waals surface area contributed by atoms with Crippen molar-refractivity contribution >= 4 is 22.6 Å². The van der Waals surface area contributed by atoms with Gasteiger partial charge in [0.1, 0.15) is 17.2 Å². The Bertz CT molecular complexity index is 1300. The molecule has 1 aliphatic rings. The molecule has 10 heteroatoms. The molecular formula is C25H27F2IN6O. The number of fused-ring (bicyclic) bond motifs is 1. The van der Waals surface area contributed by atoms with Crippen molar-refractivity contribution in [1.82, 2.24) is 29.3 Å². The highest BCUT2D eigenvalue weighted by molar-refractivity contribution is 14.1. The number of pyridine rings is 1. The molecule has 0 aliphatic carbocycles. The first kappa shape index (κ1) is 25.2. The zero-order valence-corrected chi connectivity index (χ0v) is 22.2. The number of hydrogen-bond acceptors (Lipinski definition) is 5. The Kier molecular flexibility index (Phi) is 7.20. The van der Waals surface area contributed by atoms with Crippen molar-refractivity contribution in [1.29, 1.82) is 0 Å². The number of imidazole rings is 1. The highest BCUT2D eigenvalue weighted by Gasteiger charge is 2.32. The molecule has 0 spiro atoms. The predicted molar refractivity (Wildman–Crippen MR) is 139 cm³/mol. The summed E-state index contributed by atoms with van der Waals surface area (Å²) >= 11 is 1.10. The third-order valence-corrected chi connectivity index (χ3v) is 6.91. The van der Waals surface area contributed by atoms with Crippen LogP contribution in [0.4, 0.5) is 8.78 Å². The maximum Gasteiger partial charge on any atom is 0.321 e. The fourth-order valence-corrected chi connectivity index (χ4v) is 4.47. The van der Waals surface area contributed by atoms with Crippen LogP contribution in [-0.2, 0) is 6.54 Å². The Morgan fingerprint density at radius 3 is 2.69 bits per heavy atom. The van der Waals surface area contributed by atoms with Gasteiger partial charge < -0.3 is 9.30 Å². The molecule has 0 N–H and O–H groups in total. The summed E-state index contributed by atoms with van der Waals surface area (Å²) in [4.78, 5) is 13.7. The van der Waals surface area contributed by atoms with E-state index in [1.807, 2.05) is 47.5 Å². The molecule has 3 aromatic heterocycles. The lowest BCUT2D eigenvalue weighted by Gasteiger charge is -2.29. The number of ether oxygens (including phenoxy) is 1. The van der Waals surface area contributed by atoms with E-state index in [0.717, 1.165) is 51.8 Å². The van der Waals surface area contributed by atoms with Crippen molar-refractivity contribution in [2.45, 2.75) is 43.6 Å². The Balaban J connectivity index is 1.60. The highest BCUT2D eigenvalue weighted by atomic mass is 127. The van der Waals surface area contributed by atoms with Crippen LogP contribution in [0.1, 0.15) is 37.7 Å². The number of methoxy groups -OCH3 is 1. The summed E-state index contributed by atoms with van der Waals surface area (Å²) in [6.07, 6.45) is 9.55. The normalized spacial score (nSPS) is 18.7. The topological polar surface area (TPSA) is 70.7 Å². The van der Waals surface area contributed by atoms with Gasteiger partial charge in [-0.25, -0.2) is 19.6 Å². The van der Waals surface area contributed by atoms with Gasteiger partial charge >= 0.3 is 3.93 Å². The maximum absolute atomic E-state index is 13.5. The van der Waals surface area contributed by atoms with Gasteiger partial charge in [-0.05, 0) is 43.9 Å². The van der Waals surface area contributed by atoms with Crippen molar-refractivity contribution < 1.29 is 13.5 Å². The number of allylic oxidation sites excluding steroid dienone is 5.